The van der Waals surface area contributed by atoms with Gasteiger partial charge in [-0.05, 0) is 61.4 Å². The van der Waals surface area contributed by atoms with Gasteiger partial charge in [0.1, 0.15) is 5.01 Å². The molecule has 176 valence electrons. The van der Waals surface area contributed by atoms with Crippen molar-refractivity contribution in [1.82, 2.24) is 15.2 Å². The SMILES string of the molecule is Cc1ccc(C)c(NC(=O)Cc2nc(CN3Cc4ccccc4C[C@H]3C(=O)NC3CC3)cs2)c1. The summed E-state index contributed by atoms with van der Waals surface area (Å²) in [6.45, 7) is 5.31. The summed E-state index contributed by atoms with van der Waals surface area (Å²) in [6.07, 6.45) is 3.11. The summed E-state index contributed by atoms with van der Waals surface area (Å²) in [5.74, 6) is 0.0449. The zero-order chi connectivity index (χ0) is 23.7. The fourth-order valence-corrected chi connectivity index (χ4v) is 5.22. The summed E-state index contributed by atoms with van der Waals surface area (Å²) < 4.78 is 0. The number of rotatable bonds is 7. The first-order chi connectivity index (χ1) is 16.4. The maximum atomic E-state index is 13.0. The first-order valence-corrected chi connectivity index (χ1v) is 12.7. The average molecular weight is 475 g/mol. The monoisotopic (exact) mass is 474 g/mol. The number of carbonyl (C=O) groups is 2. The Bertz CT molecular complexity index is 1220. The van der Waals surface area contributed by atoms with Gasteiger partial charge in [0.2, 0.25) is 11.8 Å². The Morgan fingerprint density at radius 3 is 2.71 bits per heavy atom. The quantitative estimate of drug-likeness (QED) is 0.540. The van der Waals surface area contributed by atoms with Crippen molar-refractivity contribution in [3.8, 4) is 0 Å². The average Bonchev–Trinajstić information content (AvgIpc) is 3.52. The van der Waals surface area contributed by atoms with Crippen LogP contribution in [0.1, 0.15) is 45.8 Å². The van der Waals surface area contributed by atoms with Crippen LogP contribution in [0.2, 0.25) is 0 Å². The molecule has 6 nitrogen and oxygen atoms in total. The van der Waals surface area contributed by atoms with E-state index in [1.807, 2.05) is 43.5 Å². The van der Waals surface area contributed by atoms with Crippen LogP contribution in [0, 0.1) is 13.8 Å². The first-order valence-electron chi connectivity index (χ1n) is 11.9. The van der Waals surface area contributed by atoms with Crippen LogP contribution in [0.4, 0.5) is 5.69 Å². The van der Waals surface area contributed by atoms with E-state index < -0.39 is 0 Å². The lowest BCUT2D eigenvalue weighted by Crippen LogP contribution is -2.50. The molecule has 1 atom stereocenters. The minimum atomic E-state index is -0.201. The molecule has 1 aliphatic carbocycles. The standard InChI is InChI=1S/C27H30N4O2S/c1-17-7-8-18(2)23(11-17)30-25(32)13-26-28-22(16-34-26)15-31-14-20-6-4-3-5-19(20)12-24(31)27(33)29-21-9-10-21/h3-8,11,16,21,24H,9-10,12-15H2,1-2H3,(H,29,33)(H,30,32)/t24-/m0/s1. The molecule has 0 bridgehead atoms. The highest BCUT2D eigenvalue weighted by atomic mass is 32.1. The molecule has 0 saturated heterocycles. The third-order valence-corrected chi connectivity index (χ3v) is 7.41. The highest BCUT2D eigenvalue weighted by molar-refractivity contribution is 7.09. The molecule has 5 rings (SSSR count). The van der Waals surface area contributed by atoms with Crippen molar-refractivity contribution in [2.45, 2.75) is 64.7 Å². The topological polar surface area (TPSA) is 74.3 Å². The number of amides is 2. The number of aryl methyl sites for hydroxylation is 2. The molecule has 2 aromatic carbocycles. The van der Waals surface area contributed by atoms with Crippen molar-refractivity contribution in [2.24, 2.45) is 0 Å². The summed E-state index contributed by atoms with van der Waals surface area (Å²) in [6, 6.07) is 14.5. The van der Waals surface area contributed by atoms with Gasteiger partial charge in [-0.3, -0.25) is 14.5 Å². The van der Waals surface area contributed by atoms with E-state index in [0.29, 0.717) is 19.0 Å². The highest BCUT2D eigenvalue weighted by Crippen LogP contribution is 2.27. The maximum Gasteiger partial charge on any atom is 0.237 e. The molecule has 1 aliphatic heterocycles. The van der Waals surface area contributed by atoms with Gasteiger partial charge in [-0.1, -0.05) is 36.4 Å². The van der Waals surface area contributed by atoms with Gasteiger partial charge in [-0.2, -0.15) is 0 Å². The Kier molecular flexibility index (Phi) is 6.48. The molecule has 1 fully saturated rings. The summed E-state index contributed by atoms with van der Waals surface area (Å²) >= 11 is 1.50. The zero-order valence-corrected chi connectivity index (χ0v) is 20.5. The molecule has 0 unspecified atom stereocenters. The molecule has 7 heteroatoms. The normalized spacial score (nSPS) is 17.8. The number of thiazole rings is 1. The van der Waals surface area contributed by atoms with E-state index in [2.05, 4.69) is 33.7 Å². The second-order valence-electron chi connectivity index (χ2n) is 9.45. The van der Waals surface area contributed by atoms with Crippen LogP contribution in [-0.2, 0) is 35.5 Å². The van der Waals surface area contributed by atoms with Crippen LogP contribution >= 0.6 is 11.3 Å². The summed E-state index contributed by atoms with van der Waals surface area (Å²) in [7, 11) is 0. The molecular formula is C27H30N4O2S. The maximum absolute atomic E-state index is 13.0. The first kappa shape index (κ1) is 22.7. The van der Waals surface area contributed by atoms with E-state index in [1.165, 1.54) is 22.5 Å². The second kappa shape index (κ2) is 9.68. The minimum absolute atomic E-state index is 0.0665. The number of nitrogens with zero attached hydrogens (tertiary/aromatic N) is 2. The predicted octanol–water partition coefficient (Wildman–Crippen LogP) is 4.15. The number of hydrogen-bond acceptors (Lipinski definition) is 5. The fraction of sp³-hybridized carbons (Fsp3) is 0.370. The van der Waals surface area contributed by atoms with Crippen molar-refractivity contribution < 1.29 is 9.59 Å². The number of carbonyl (C=O) groups excluding carboxylic acids is 2. The van der Waals surface area contributed by atoms with Gasteiger partial charge in [0.15, 0.2) is 0 Å². The summed E-state index contributed by atoms with van der Waals surface area (Å²) in [5, 5.41) is 8.99. The molecule has 2 heterocycles. The van der Waals surface area contributed by atoms with Crippen molar-refractivity contribution in [3.63, 3.8) is 0 Å². The van der Waals surface area contributed by atoms with E-state index in [9.17, 15) is 9.59 Å². The second-order valence-corrected chi connectivity index (χ2v) is 10.4. The Labute approximate surface area is 204 Å². The molecule has 0 spiro atoms. The largest absolute Gasteiger partial charge is 0.352 e. The third kappa shape index (κ3) is 5.37. The number of fused-ring (bicyclic) bond motifs is 1. The van der Waals surface area contributed by atoms with E-state index in [-0.39, 0.29) is 24.3 Å². The molecule has 2 amide bonds. The predicted molar refractivity (Wildman–Crippen MR) is 135 cm³/mol. The zero-order valence-electron chi connectivity index (χ0n) is 19.6. The lowest BCUT2D eigenvalue weighted by atomic mass is 9.93. The van der Waals surface area contributed by atoms with Crippen molar-refractivity contribution in [3.05, 3.63) is 80.8 Å². The van der Waals surface area contributed by atoms with Gasteiger partial charge in [-0.25, -0.2) is 4.98 Å². The molecule has 1 aromatic heterocycles. The molecule has 2 N–H and O–H groups in total. The Morgan fingerprint density at radius 2 is 1.91 bits per heavy atom. The molecule has 34 heavy (non-hydrogen) atoms. The van der Waals surface area contributed by atoms with Crippen molar-refractivity contribution in [1.29, 1.82) is 0 Å². The number of benzene rings is 2. The Balaban J connectivity index is 1.26. The van der Waals surface area contributed by atoms with Crippen LogP contribution in [0.5, 0.6) is 0 Å². The highest BCUT2D eigenvalue weighted by Gasteiger charge is 2.34. The molecular weight excluding hydrogens is 444 g/mol. The molecule has 2 aliphatic rings. The van der Waals surface area contributed by atoms with Crippen LogP contribution in [-0.4, -0.2) is 33.8 Å². The number of hydrogen-bond donors (Lipinski definition) is 2. The molecule has 1 saturated carbocycles. The Hall–Kier alpha value is -3.03. The smallest absolute Gasteiger partial charge is 0.237 e. The molecule has 3 aromatic rings. The van der Waals surface area contributed by atoms with Gasteiger partial charge < -0.3 is 10.6 Å². The van der Waals surface area contributed by atoms with E-state index in [0.717, 1.165) is 46.9 Å². The number of nitrogens with one attached hydrogen (secondary N) is 2. The summed E-state index contributed by atoms with van der Waals surface area (Å²) in [4.78, 5) is 32.6. The van der Waals surface area contributed by atoms with Gasteiger partial charge in [0.05, 0.1) is 18.2 Å². The lowest BCUT2D eigenvalue weighted by molar-refractivity contribution is -0.127. The number of anilines is 1. The van der Waals surface area contributed by atoms with Gasteiger partial charge >= 0.3 is 0 Å². The lowest BCUT2D eigenvalue weighted by Gasteiger charge is -2.35. The van der Waals surface area contributed by atoms with E-state index in [4.69, 9.17) is 4.98 Å². The van der Waals surface area contributed by atoms with E-state index >= 15 is 0 Å². The van der Waals surface area contributed by atoms with Crippen LogP contribution < -0.4 is 10.6 Å². The van der Waals surface area contributed by atoms with E-state index in [1.54, 1.807) is 0 Å². The third-order valence-electron chi connectivity index (χ3n) is 6.52. The van der Waals surface area contributed by atoms with Crippen LogP contribution in [0.25, 0.3) is 0 Å². The van der Waals surface area contributed by atoms with Crippen LogP contribution in [0.15, 0.2) is 47.8 Å². The van der Waals surface area contributed by atoms with Gasteiger partial charge in [0, 0.05) is 30.2 Å². The minimum Gasteiger partial charge on any atom is -0.352 e. The molecule has 0 radical (unpaired) electrons. The van der Waals surface area contributed by atoms with Crippen molar-refractivity contribution in [2.75, 3.05) is 5.32 Å². The van der Waals surface area contributed by atoms with Gasteiger partial charge in [-0.15, -0.1) is 11.3 Å². The summed E-state index contributed by atoms with van der Waals surface area (Å²) in [5.41, 5.74) is 6.42. The van der Waals surface area contributed by atoms with Crippen LogP contribution in [0.3, 0.4) is 0 Å². The van der Waals surface area contributed by atoms with Gasteiger partial charge in [0.25, 0.3) is 0 Å². The Morgan fingerprint density at radius 1 is 1.12 bits per heavy atom. The number of aromatic nitrogens is 1. The van der Waals surface area contributed by atoms with Crippen molar-refractivity contribution >= 4 is 28.8 Å². The fourth-order valence-electron chi connectivity index (χ4n) is 4.44.